The van der Waals surface area contributed by atoms with E-state index < -0.39 is 0 Å². The largest absolute Gasteiger partial charge is 0.310 e. The molecule has 0 saturated heterocycles. The predicted molar refractivity (Wildman–Crippen MR) is 252 cm³/mol. The van der Waals surface area contributed by atoms with Crippen molar-refractivity contribution in [1.82, 2.24) is 0 Å². The highest BCUT2D eigenvalue weighted by atomic mass is 15.1. The quantitative estimate of drug-likeness (QED) is 0.162. The van der Waals surface area contributed by atoms with E-state index in [0.717, 1.165) is 17.1 Å². The third-order valence-electron chi connectivity index (χ3n) is 13.8. The lowest BCUT2D eigenvalue weighted by Gasteiger charge is -2.28. The smallest absolute Gasteiger partial charge is 0.0468 e. The van der Waals surface area contributed by atoms with Gasteiger partial charge in [-0.15, -0.1) is 0 Å². The van der Waals surface area contributed by atoms with E-state index in [1.807, 2.05) is 0 Å². The van der Waals surface area contributed by atoms with Crippen LogP contribution in [-0.2, 0) is 10.8 Å². The lowest BCUT2D eigenvalue weighted by Crippen LogP contribution is -2.16. The molecule has 1 nitrogen and oxygen atoms in total. The summed E-state index contributed by atoms with van der Waals surface area (Å²) in [6.45, 7) is 9.43. The monoisotopic (exact) mass is 753 g/mol. The van der Waals surface area contributed by atoms with Gasteiger partial charge in [0, 0.05) is 27.9 Å². The molecular formula is C58H43N. The van der Waals surface area contributed by atoms with Crippen molar-refractivity contribution in [3.05, 3.63) is 210 Å². The molecule has 0 aliphatic heterocycles. The van der Waals surface area contributed by atoms with Crippen LogP contribution in [0, 0.1) is 0 Å². The molecule has 2 aliphatic carbocycles. The van der Waals surface area contributed by atoms with Crippen LogP contribution in [0.4, 0.5) is 17.1 Å². The predicted octanol–water partition coefficient (Wildman–Crippen LogP) is 16.0. The summed E-state index contributed by atoms with van der Waals surface area (Å²) >= 11 is 0. The van der Waals surface area contributed by atoms with Crippen molar-refractivity contribution in [2.45, 2.75) is 38.5 Å². The van der Waals surface area contributed by atoms with Crippen molar-refractivity contribution in [2.24, 2.45) is 0 Å². The SMILES string of the molecule is CC1(C)c2ccccc2-c2cc(-c3ccc(N(c4ccc5c(c4)C(C)(C)c4ccccc4-5)c4ccc5ccc6ccc7ccc8ccccc8c7c6c5c4)cc3)ccc21. The Morgan fingerprint density at radius 2 is 0.780 bits per heavy atom. The average molecular weight is 754 g/mol. The van der Waals surface area contributed by atoms with Crippen molar-refractivity contribution in [3.63, 3.8) is 0 Å². The molecular weight excluding hydrogens is 711 g/mol. The van der Waals surface area contributed by atoms with Gasteiger partial charge in [-0.2, -0.15) is 0 Å². The first-order chi connectivity index (χ1) is 28.8. The molecule has 12 rings (SSSR count). The second-order valence-electron chi connectivity index (χ2n) is 17.7. The van der Waals surface area contributed by atoms with Gasteiger partial charge < -0.3 is 4.90 Å². The van der Waals surface area contributed by atoms with Gasteiger partial charge in [0.1, 0.15) is 0 Å². The molecule has 0 unspecified atom stereocenters. The van der Waals surface area contributed by atoms with Gasteiger partial charge in [-0.3, -0.25) is 0 Å². The van der Waals surface area contributed by atoms with Crippen molar-refractivity contribution in [3.8, 4) is 33.4 Å². The number of rotatable bonds is 4. The van der Waals surface area contributed by atoms with Crippen LogP contribution in [0.3, 0.4) is 0 Å². The molecule has 0 radical (unpaired) electrons. The molecule has 0 spiro atoms. The minimum Gasteiger partial charge on any atom is -0.310 e. The molecule has 10 aromatic carbocycles. The number of anilines is 3. The Labute approximate surface area is 345 Å². The van der Waals surface area contributed by atoms with Crippen LogP contribution >= 0.6 is 0 Å². The summed E-state index contributed by atoms with van der Waals surface area (Å²) in [5, 5.41) is 10.2. The molecule has 10 aromatic rings. The Balaban J connectivity index is 1.05. The minimum absolute atomic E-state index is 0.00875. The van der Waals surface area contributed by atoms with Crippen LogP contribution in [0.1, 0.15) is 49.9 Å². The number of benzene rings is 10. The summed E-state index contributed by atoms with van der Waals surface area (Å²) in [7, 11) is 0. The highest BCUT2D eigenvalue weighted by Gasteiger charge is 2.37. The standard InChI is InChI=1S/C58H43N/c1-57(2)52-16-10-8-14-47(52)50-33-41(26-32-53(50)57)36-23-27-42(28-24-36)59(44-30-31-48-46-13-7-9-15-51(46)58(3,4)54(48)35-44)43-29-25-38-18-20-40-22-21-39-19-17-37-11-5-6-12-45(37)55(39)56(40)49(38)34-43/h5-35H,1-4H3. The first-order valence-electron chi connectivity index (χ1n) is 20.9. The fraction of sp³-hybridized carbons (Fsp3) is 0.103. The molecule has 280 valence electrons. The molecule has 0 bridgehead atoms. The molecule has 0 heterocycles. The van der Waals surface area contributed by atoms with Crippen molar-refractivity contribution >= 4 is 60.2 Å². The van der Waals surface area contributed by atoms with E-state index in [1.54, 1.807) is 0 Å². The van der Waals surface area contributed by atoms with Crippen molar-refractivity contribution in [2.75, 3.05) is 4.90 Å². The van der Waals surface area contributed by atoms with Crippen molar-refractivity contribution in [1.29, 1.82) is 0 Å². The van der Waals surface area contributed by atoms with Gasteiger partial charge in [0.15, 0.2) is 0 Å². The van der Waals surface area contributed by atoms with Gasteiger partial charge in [-0.1, -0.05) is 173 Å². The number of hydrogen-bond acceptors (Lipinski definition) is 1. The molecule has 0 aromatic heterocycles. The summed E-state index contributed by atoms with van der Waals surface area (Å²) in [5.41, 5.74) is 16.7. The Kier molecular flexibility index (Phi) is 7.10. The Morgan fingerprint density at radius 1 is 0.305 bits per heavy atom. The van der Waals surface area contributed by atoms with Gasteiger partial charge in [-0.25, -0.2) is 0 Å². The molecule has 0 amide bonds. The number of nitrogens with zero attached hydrogens (tertiary/aromatic N) is 1. The van der Waals surface area contributed by atoms with Crippen molar-refractivity contribution < 1.29 is 0 Å². The maximum atomic E-state index is 2.46. The molecule has 1 heteroatoms. The summed E-state index contributed by atoms with van der Waals surface area (Å²) in [6.07, 6.45) is 0. The minimum atomic E-state index is -0.113. The van der Waals surface area contributed by atoms with E-state index in [1.165, 1.54) is 98.7 Å². The van der Waals surface area contributed by atoms with E-state index in [0.29, 0.717) is 0 Å². The molecule has 0 atom stereocenters. The maximum absolute atomic E-state index is 2.46. The van der Waals surface area contributed by atoms with Gasteiger partial charge in [0.25, 0.3) is 0 Å². The lowest BCUT2D eigenvalue weighted by molar-refractivity contribution is 0.660. The maximum Gasteiger partial charge on any atom is 0.0468 e. The molecule has 2 aliphatic rings. The van der Waals surface area contributed by atoms with Gasteiger partial charge >= 0.3 is 0 Å². The summed E-state index contributed by atoms with van der Waals surface area (Å²) in [5.74, 6) is 0. The van der Waals surface area contributed by atoms with Crippen LogP contribution < -0.4 is 4.90 Å². The normalized spacial score (nSPS) is 14.4. The number of fused-ring (bicyclic) bond motifs is 13. The Hall–Kier alpha value is -6.96. The number of hydrogen-bond donors (Lipinski definition) is 0. The first kappa shape index (κ1) is 34.1. The van der Waals surface area contributed by atoms with Gasteiger partial charge in [0.2, 0.25) is 0 Å². The highest BCUT2D eigenvalue weighted by molar-refractivity contribution is 6.27. The zero-order valence-electron chi connectivity index (χ0n) is 33.8. The molecule has 0 N–H and O–H groups in total. The summed E-state index contributed by atoms with van der Waals surface area (Å²) in [6, 6.07) is 70.7. The highest BCUT2D eigenvalue weighted by Crippen LogP contribution is 2.52. The van der Waals surface area contributed by atoms with Gasteiger partial charge in [0.05, 0.1) is 0 Å². The van der Waals surface area contributed by atoms with Crippen LogP contribution in [0.15, 0.2) is 188 Å². The molecule has 0 saturated carbocycles. The topological polar surface area (TPSA) is 3.24 Å². The van der Waals surface area contributed by atoms with E-state index in [2.05, 4.69) is 221 Å². The van der Waals surface area contributed by atoms with Crippen LogP contribution in [0.5, 0.6) is 0 Å². The van der Waals surface area contributed by atoms with Crippen LogP contribution in [0.2, 0.25) is 0 Å². The fourth-order valence-corrected chi connectivity index (χ4v) is 10.7. The van der Waals surface area contributed by atoms with Crippen LogP contribution in [-0.4, -0.2) is 0 Å². The first-order valence-corrected chi connectivity index (χ1v) is 20.9. The van der Waals surface area contributed by atoms with E-state index >= 15 is 0 Å². The third kappa shape index (κ3) is 4.91. The van der Waals surface area contributed by atoms with E-state index in [9.17, 15) is 0 Å². The van der Waals surface area contributed by atoms with E-state index in [4.69, 9.17) is 0 Å². The average Bonchev–Trinajstić information content (AvgIpc) is 3.65. The molecule has 59 heavy (non-hydrogen) atoms. The van der Waals surface area contributed by atoms with E-state index in [-0.39, 0.29) is 10.8 Å². The zero-order valence-corrected chi connectivity index (χ0v) is 33.8. The summed E-state index contributed by atoms with van der Waals surface area (Å²) < 4.78 is 0. The second-order valence-corrected chi connectivity index (χ2v) is 17.7. The second kappa shape index (κ2) is 12.3. The zero-order chi connectivity index (χ0) is 39.6. The lowest BCUT2D eigenvalue weighted by atomic mass is 9.82. The molecule has 0 fully saturated rings. The fourth-order valence-electron chi connectivity index (χ4n) is 10.7. The Bertz CT molecular complexity index is 3370. The Morgan fingerprint density at radius 3 is 1.51 bits per heavy atom. The van der Waals surface area contributed by atoms with Crippen LogP contribution in [0.25, 0.3) is 76.5 Å². The summed E-state index contributed by atoms with van der Waals surface area (Å²) in [4.78, 5) is 2.46. The third-order valence-corrected chi connectivity index (χ3v) is 13.8. The van der Waals surface area contributed by atoms with Gasteiger partial charge in [-0.05, 0) is 141 Å².